The summed E-state index contributed by atoms with van der Waals surface area (Å²) in [5, 5.41) is 6.72. The molecule has 0 saturated heterocycles. The number of halogens is 2. The summed E-state index contributed by atoms with van der Waals surface area (Å²) in [4.78, 5) is 25.5. The lowest BCUT2D eigenvalue weighted by atomic mass is 9.84. The number of hydrogen-bond donors (Lipinski definition) is 3. The van der Waals surface area contributed by atoms with Crippen LogP contribution in [0.3, 0.4) is 0 Å². The smallest absolute Gasteiger partial charge is 0.324 e. The van der Waals surface area contributed by atoms with Gasteiger partial charge in [0.05, 0.1) is 15.6 Å². The molecular formula is C19H21Cl2N3O2S. The van der Waals surface area contributed by atoms with Gasteiger partial charge in [-0.1, -0.05) is 43.0 Å². The van der Waals surface area contributed by atoms with Gasteiger partial charge in [-0.2, -0.15) is 0 Å². The molecular weight excluding hydrogens is 405 g/mol. The summed E-state index contributed by atoms with van der Waals surface area (Å²) in [6.07, 6.45) is 5.12. The first-order chi connectivity index (χ1) is 12.9. The zero-order chi connectivity index (χ0) is 19.6. The van der Waals surface area contributed by atoms with Crippen LogP contribution in [0.4, 0.5) is 15.5 Å². The fourth-order valence-electron chi connectivity index (χ4n) is 3.50. The average Bonchev–Trinajstić information content (AvgIpc) is 2.95. The van der Waals surface area contributed by atoms with Gasteiger partial charge in [0.2, 0.25) is 0 Å². The quantitative estimate of drug-likeness (QED) is 0.573. The number of fused-ring (bicyclic) bond motifs is 1. The van der Waals surface area contributed by atoms with E-state index in [0.29, 0.717) is 32.2 Å². The number of primary amides is 1. The van der Waals surface area contributed by atoms with E-state index < -0.39 is 11.9 Å². The molecule has 27 heavy (non-hydrogen) atoms. The van der Waals surface area contributed by atoms with Crippen LogP contribution in [0.15, 0.2) is 18.2 Å². The fraction of sp³-hybridized carbons (Fsp3) is 0.368. The second-order valence-electron chi connectivity index (χ2n) is 6.68. The van der Waals surface area contributed by atoms with Crippen LogP contribution in [0.1, 0.15) is 47.0 Å². The predicted molar refractivity (Wildman–Crippen MR) is 112 cm³/mol. The number of benzene rings is 1. The maximum absolute atomic E-state index is 12.4. The molecule has 0 aliphatic heterocycles. The van der Waals surface area contributed by atoms with Crippen LogP contribution in [0.5, 0.6) is 0 Å². The number of rotatable bonds is 5. The monoisotopic (exact) mass is 425 g/mol. The molecule has 1 atom stereocenters. The van der Waals surface area contributed by atoms with E-state index >= 15 is 0 Å². The summed E-state index contributed by atoms with van der Waals surface area (Å²) in [6.45, 7) is 2.18. The lowest BCUT2D eigenvalue weighted by Crippen LogP contribution is -2.22. The summed E-state index contributed by atoms with van der Waals surface area (Å²) in [5.74, 6) is 0.117. The number of hydrogen-bond acceptors (Lipinski definition) is 3. The largest absolute Gasteiger partial charge is 0.365 e. The van der Waals surface area contributed by atoms with Crippen molar-refractivity contribution in [2.75, 3.05) is 10.6 Å². The molecule has 1 unspecified atom stereocenters. The molecule has 1 heterocycles. The van der Waals surface area contributed by atoms with E-state index in [-0.39, 0.29) is 0 Å². The fourth-order valence-corrected chi connectivity index (χ4v) is 5.16. The van der Waals surface area contributed by atoms with Crippen molar-refractivity contribution in [1.82, 2.24) is 0 Å². The third kappa shape index (κ3) is 4.57. The Morgan fingerprint density at radius 1 is 1.26 bits per heavy atom. The average molecular weight is 426 g/mol. The van der Waals surface area contributed by atoms with E-state index in [2.05, 4.69) is 17.6 Å². The summed E-state index contributed by atoms with van der Waals surface area (Å²) < 4.78 is 0. The number of urea groups is 1. The normalized spacial score (nSPS) is 15.9. The van der Waals surface area contributed by atoms with Crippen LogP contribution in [0.25, 0.3) is 0 Å². The Labute approximate surface area is 172 Å². The molecule has 0 radical (unpaired) electrons. The number of amides is 3. The van der Waals surface area contributed by atoms with Gasteiger partial charge in [-0.15, -0.1) is 11.3 Å². The highest BCUT2D eigenvalue weighted by Crippen LogP contribution is 2.40. The Hall–Kier alpha value is -1.76. The number of thiophene rings is 1. The van der Waals surface area contributed by atoms with E-state index in [1.54, 1.807) is 18.2 Å². The summed E-state index contributed by atoms with van der Waals surface area (Å²) in [6, 6.07) is 4.36. The van der Waals surface area contributed by atoms with Gasteiger partial charge in [-0.25, -0.2) is 4.79 Å². The molecule has 2 aromatic rings. The summed E-state index contributed by atoms with van der Waals surface area (Å²) >= 11 is 13.3. The van der Waals surface area contributed by atoms with Crippen molar-refractivity contribution in [2.24, 2.45) is 11.7 Å². The van der Waals surface area contributed by atoms with Crippen LogP contribution >= 0.6 is 34.5 Å². The first kappa shape index (κ1) is 20.0. The number of carbonyl (C=O) groups is 2. The molecule has 1 aliphatic rings. The molecule has 0 saturated carbocycles. The number of nitrogens with two attached hydrogens (primary N) is 1. The Bertz CT molecular complexity index is 882. The van der Waals surface area contributed by atoms with Gasteiger partial charge in [-0.05, 0) is 48.9 Å². The molecule has 0 spiro atoms. The Balaban J connectivity index is 1.78. The minimum absolute atomic E-state index is 0.348. The Morgan fingerprint density at radius 3 is 2.70 bits per heavy atom. The minimum atomic E-state index is -0.508. The van der Waals surface area contributed by atoms with E-state index in [4.69, 9.17) is 28.9 Å². The van der Waals surface area contributed by atoms with Gasteiger partial charge in [0.15, 0.2) is 0 Å². The van der Waals surface area contributed by atoms with Gasteiger partial charge in [0.1, 0.15) is 5.00 Å². The number of anilines is 2. The first-order valence-corrected chi connectivity index (χ1v) is 10.4. The molecule has 1 aromatic heterocycles. The SMILES string of the molecule is CCCC1CCc2c(sc(NC(=O)Nc3ccc(Cl)c(Cl)c3)c2C(N)=O)C1. The van der Waals surface area contributed by atoms with E-state index in [0.717, 1.165) is 36.1 Å². The highest BCUT2D eigenvalue weighted by molar-refractivity contribution is 7.17. The molecule has 0 fully saturated rings. The minimum Gasteiger partial charge on any atom is -0.365 e. The second kappa shape index (κ2) is 8.50. The molecule has 1 aliphatic carbocycles. The van der Waals surface area contributed by atoms with Crippen LogP contribution in [0, 0.1) is 5.92 Å². The summed E-state index contributed by atoms with van der Waals surface area (Å²) in [7, 11) is 0. The van der Waals surface area contributed by atoms with Crippen LogP contribution in [0.2, 0.25) is 10.0 Å². The van der Waals surface area contributed by atoms with Crippen molar-refractivity contribution in [3.8, 4) is 0 Å². The van der Waals surface area contributed by atoms with Gasteiger partial charge in [0.25, 0.3) is 5.91 Å². The Kier molecular flexibility index (Phi) is 6.29. The van der Waals surface area contributed by atoms with E-state index in [9.17, 15) is 9.59 Å². The molecule has 5 nitrogen and oxygen atoms in total. The first-order valence-electron chi connectivity index (χ1n) is 8.86. The lowest BCUT2D eigenvalue weighted by molar-refractivity contribution is 0.1000. The second-order valence-corrected chi connectivity index (χ2v) is 8.60. The number of carbonyl (C=O) groups excluding carboxylic acids is 2. The van der Waals surface area contributed by atoms with E-state index in [1.165, 1.54) is 17.8 Å². The van der Waals surface area contributed by atoms with Crippen LogP contribution < -0.4 is 16.4 Å². The van der Waals surface area contributed by atoms with Crippen molar-refractivity contribution in [3.63, 3.8) is 0 Å². The van der Waals surface area contributed by atoms with Gasteiger partial charge < -0.3 is 11.1 Å². The Morgan fingerprint density at radius 2 is 2.04 bits per heavy atom. The summed E-state index contributed by atoms with van der Waals surface area (Å²) in [5.41, 5.74) is 7.54. The van der Waals surface area contributed by atoms with Crippen LogP contribution in [-0.4, -0.2) is 11.9 Å². The maximum atomic E-state index is 12.4. The number of nitrogens with one attached hydrogen (secondary N) is 2. The standard InChI is InChI=1S/C19H21Cl2N3O2S/c1-2-3-10-4-6-12-15(8-10)27-18(16(12)17(22)25)24-19(26)23-11-5-7-13(20)14(21)9-11/h5,7,9-10H,2-4,6,8H2,1H3,(H2,22,25)(H2,23,24,26). The molecule has 3 amide bonds. The molecule has 0 bridgehead atoms. The topological polar surface area (TPSA) is 84.2 Å². The highest BCUT2D eigenvalue weighted by Gasteiger charge is 2.28. The van der Waals surface area contributed by atoms with E-state index in [1.807, 2.05) is 0 Å². The van der Waals surface area contributed by atoms with Gasteiger partial charge >= 0.3 is 6.03 Å². The molecule has 144 valence electrons. The zero-order valence-corrected chi connectivity index (χ0v) is 17.2. The maximum Gasteiger partial charge on any atom is 0.324 e. The lowest BCUT2D eigenvalue weighted by Gasteiger charge is -2.21. The molecule has 8 heteroatoms. The third-order valence-corrected chi connectivity index (χ3v) is 6.62. The van der Waals surface area contributed by atoms with Crippen molar-refractivity contribution in [3.05, 3.63) is 44.2 Å². The van der Waals surface area contributed by atoms with Gasteiger partial charge in [0, 0.05) is 10.6 Å². The van der Waals surface area contributed by atoms with Gasteiger partial charge in [-0.3, -0.25) is 10.1 Å². The van der Waals surface area contributed by atoms with Crippen LogP contribution in [-0.2, 0) is 12.8 Å². The highest BCUT2D eigenvalue weighted by atomic mass is 35.5. The molecule has 1 aromatic carbocycles. The molecule has 4 N–H and O–H groups in total. The third-order valence-electron chi connectivity index (χ3n) is 4.72. The van der Waals surface area contributed by atoms with Crippen molar-refractivity contribution < 1.29 is 9.59 Å². The van der Waals surface area contributed by atoms with Crippen molar-refractivity contribution in [1.29, 1.82) is 0 Å². The molecule has 3 rings (SSSR count). The zero-order valence-electron chi connectivity index (χ0n) is 14.9. The van der Waals surface area contributed by atoms with Crippen molar-refractivity contribution in [2.45, 2.75) is 39.0 Å². The van der Waals surface area contributed by atoms with Crippen molar-refractivity contribution >= 4 is 57.2 Å². The predicted octanol–water partition coefficient (Wildman–Crippen LogP) is 5.70.